The number of ether oxygens (including phenoxy) is 1. The molecule has 0 amide bonds. The zero-order valence-corrected chi connectivity index (χ0v) is 9.92. The summed E-state index contributed by atoms with van der Waals surface area (Å²) in [5.74, 6) is -0.231. The van der Waals surface area contributed by atoms with Crippen molar-refractivity contribution in [2.75, 3.05) is 0 Å². The van der Waals surface area contributed by atoms with Gasteiger partial charge in [-0.1, -0.05) is 24.3 Å². The van der Waals surface area contributed by atoms with E-state index in [0.717, 1.165) is 12.1 Å². The van der Waals surface area contributed by atoms with Gasteiger partial charge < -0.3 is 4.74 Å². The Morgan fingerprint density at radius 2 is 1.65 bits per heavy atom. The minimum atomic E-state index is -4.82. The van der Waals surface area contributed by atoms with E-state index in [4.69, 9.17) is 4.74 Å². The molecule has 2 aromatic carbocycles. The molecule has 20 heavy (non-hydrogen) atoms. The highest BCUT2D eigenvalue weighted by molar-refractivity contribution is 5.55. The van der Waals surface area contributed by atoms with Crippen LogP contribution in [0.1, 0.15) is 5.56 Å². The summed E-state index contributed by atoms with van der Waals surface area (Å²) in [4.78, 5) is 9.81. The summed E-state index contributed by atoms with van der Waals surface area (Å²) in [5, 5.41) is 10.9. The first kappa shape index (κ1) is 13.9. The zero-order valence-electron chi connectivity index (χ0n) is 9.92. The van der Waals surface area contributed by atoms with Crippen LogP contribution >= 0.6 is 0 Å². The van der Waals surface area contributed by atoms with Gasteiger partial charge in [-0.2, -0.15) is 13.2 Å². The van der Waals surface area contributed by atoms with Crippen molar-refractivity contribution >= 4 is 5.69 Å². The number of nitro groups is 1. The molecule has 0 atom stereocenters. The highest BCUT2D eigenvalue weighted by Gasteiger charge is 2.40. The van der Waals surface area contributed by atoms with E-state index in [1.807, 2.05) is 0 Å². The fourth-order valence-electron chi connectivity index (χ4n) is 1.64. The molecule has 0 fully saturated rings. The number of hydrogen-bond acceptors (Lipinski definition) is 3. The minimum absolute atomic E-state index is 0.218. The molecule has 0 spiro atoms. The van der Waals surface area contributed by atoms with Crippen LogP contribution in [-0.4, -0.2) is 4.92 Å². The van der Waals surface area contributed by atoms with Gasteiger partial charge in [0.15, 0.2) is 0 Å². The van der Waals surface area contributed by atoms with Gasteiger partial charge in [0, 0.05) is 0 Å². The van der Waals surface area contributed by atoms with Crippen LogP contribution in [0.3, 0.4) is 0 Å². The normalized spacial score (nSPS) is 11.2. The largest absolute Gasteiger partial charge is 0.450 e. The summed E-state index contributed by atoms with van der Waals surface area (Å²) < 4.78 is 43.5. The molecule has 4 nitrogen and oxygen atoms in total. The first-order valence-electron chi connectivity index (χ1n) is 5.47. The maximum atomic E-state index is 12.8. The van der Waals surface area contributed by atoms with Crippen LogP contribution in [0.15, 0.2) is 48.5 Å². The third-order valence-corrected chi connectivity index (χ3v) is 2.46. The van der Waals surface area contributed by atoms with Crippen molar-refractivity contribution in [2.45, 2.75) is 6.18 Å². The lowest BCUT2D eigenvalue weighted by atomic mass is 10.1. The Morgan fingerprint density at radius 1 is 1.00 bits per heavy atom. The highest BCUT2D eigenvalue weighted by Crippen LogP contribution is 2.42. The Bertz CT molecular complexity index is 627. The second-order valence-electron chi connectivity index (χ2n) is 3.82. The minimum Gasteiger partial charge on any atom is -0.450 e. The van der Waals surface area contributed by atoms with Gasteiger partial charge in [0.1, 0.15) is 11.3 Å². The van der Waals surface area contributed by atoms with Crippen molar-refractivity contribution < 1.29 is 22.8 Å². The lowest BCUT2D eigenvalue weighted by Gasteiger charge is -2.11. The molecule has 0 heterocycles. The summed E-state index contributed by atoms with van der Waals surface area (Å²) in [6.45, 7) is 0. The molecule has 0 bridgehead atoms. The summed E-state index contributed by atoms with van der Waals surface area (Å²) in [7, 11) is 0. The number of rotatable bonds is 3. The Balaban J connectivity index is 2.51. The van der Waals surface area contributed by atoms with Crippen molar-refractivity contribution in [1.82, 2.24) is 0 Å². The van der Waals surface area contributed by atoms with Crippen LogP contribution in [-0.2, 0) is 6.18 Å². The molecule has 2 rings (SSSR count). The van der Waals surface area contributed by atoms with Crippen molar-refractivity contribution in [3.8, 4) is 11.5 Å². The Hall–Kier alpha value is -2.57. The highest BCUT2D eigenvalue weighted by atomic mass is 19.4. The van der Waals surface area contributed by atoms with Crippen LogP contribution in [0, 0.1) is 10.1 Å². The molecular formula is C13H8F3NO3. The molecule has 0 saturated carbocycles. The first-order chi connectivity index (χ1) is 9.39. The number of nitro benzene ring substituents is 1. The fourth-order valence-corrected chi connectivity index (χ4v) is 1.64. The van der Waals surface area contributed by atoms with Crippen molar-refractivity contribution in [3.05, 3.63) is 64.2 Å². The Labute approximate surface area is 111 Å². The van der Waals surface area contributed by atoms with Crippen LogP contribution in [0.2, 0.25) is 0 Å². The van der Waals surface area contributed by atoms with E-state index in [0.29, 0.717) is 6.07 Å². The molecule has 0 aliphatic heterocycles. The fraction of sp³-hybridized carbons (Fsp3) is 0.0769. The lowest BCUT2D eigenvalue weighted by molar-refractivity contribution is -0.388. The third-order valence-electron chi connectivity index (χ3n) is 2.46. The van der Waals surface area contributed by atoms with E-state index in [1.165, 1.54) is 12.1 Å². The van der Waals surface area contributed by atoms with Crippen LogP contribution in [0.25, 0.3) is 0 Å². The number of halogens is 3. The molecular weight excluding hydrogens is 275 g/mol. The molecule has 0 aliphatic carbocycles. The van der Waals surface area contributed by atoms with Gasteiger partial charge in [-0.25, -0.2) is 0 Å². The van der Waals surface area contributed by atoms with E-state index in [1.54, 1.807) is 18.2 Å². The smallest absolute Gasteiger partial charge is 0.423 e. The van der Waals surface area contributed by atoms with Gasteiger partial charge in [0.2, 0.25) is 5.75 Å². The molecule has 0 aromatic heterocycles. The van der Waals surface area contributed by atoms with E-state index in [2.05, 4.69) is 0 Å². The lowest BCUT2D eigenvalue weighted by Crippen LogP contribution is -2.09. The summed E-state index contributed by atoms with van der Waals surface area (Å²) >= 11 is 0. The van der Waals surface area contributed by atoms with Gasteiger partial charge in [-0.3, -0.25) is 10.1 Å². The third kappa shape index (κ3) is 2.87. The molecule has 0 saturated heterocycles. The average Bonchev–Trinajstić information content (AvgIpc) is 2.38. The number of hydrogen-bond donors (Lipinski definition) is 0. The van der Waals surface area contributed by atoms with Gasteiger partial charge >= 0.3 is 11.9 Å². The maximum absolute atomic E-state index is 12.8. The second kappa shape index (κ2) is 5.20. The quantitative estimate of drug-likeness (QED) is 0.619. The Kier molecular flexibility index (Phi) is 3.60. The average molecular weight is 283 g/mol. The van der Waals surface area contributed by atoms with Crippen molar-refractivity contribution in [1.29, 1.82) is 0 Å². The first-order valence-corrected chi connectivity index (χ1v) is 5.47. The number of nitrogens with zero attached hydrogens (tertiary/aromatic N) is 1. The SMILES string of the molecule is O=[N+]([O-])c1c(Oc2ccccc2)cccc1C(F)(F)F. The summed E-state index contributed by atoms with van der Waals surface area (Å²) in [6, 6.07) is 10.7. The second-order valence-corrected chi connectivity index (χ2v) is 3.82. The monoisotopic (exact) mass is 283 g/mol. The maximum Gasteiger partial charge on any atom is 0.423 e. The van der Waals surface area contributed by atoms with Crippen molar-refractivity contribution in [3.63, 3.8) is 0 Å². The van der Waals surface area contributed by atoms with Crippen molar-refractivity contribution in [2.24, 2.45) is 0 Å². The predicted molar refractivity (Wildman–Crippen MR) is 64.6 cm³/mol. The summed E-state index contributed by atoms with van der Waals surface area (Å²) in [6.07, 6.45) is -4.82. The van der Waals surface area contributed by atoms with Gasteiger partial charge in [-0.05, 0) is 24.3 Å². The van der Waals surface area contributed by atoms with Crippen LogP contribution in [0.4, 0.5) is 18.9 Å². The number of alkyl halides is 3. The Morgan fingerprint density at radius 3 is 2.20 bits per heavy atom. The van der Waals surface area contributed by atoms with Gasteiger partial charge in [0.05, 0.1) is 4.92 Å². The standard InChI is InChI=1S/C13H8F3NO3/c14-13(15,16)10-7-4-8-11(12(10)17(18)19)20-9-5-2-1-3-6-9/h1-8H. The van der Waals surface area contributed by atoms with E-state index in [9.17, 15) is 23.3 Å². The number of benzene rings is 2. The van der Waals surface area contributed by atoms with Crippen LogP contribution in [0.5, 0.6) is 11.5 Å². The van der Waals surface area contributed by atoms with E-state index < -0.39 is 28.1 Å². The van der Waals surface area contributed by atoms with E-state index >= 15 is 0 Å². The zero-order chi connectivity index (χ0) is 14.8. The topological polar surface area (TPSA) is 52.4 Å². The molecule has 2 aromatic rings. The number of para-hydroxylation sites is 2. The summed E-state index contributed by atoms with van der Waals surface area (Å²) in [5.41, 5.74) is -2.43. The predicted octanol–water partition coefficient (Wildman–Crippen LogP) is 4.41. The molecule has 104 valence electrons. The van der Waals surface area contributed by atoms with E-state index in [-0.39, 0.29) is 5.75 Å². The molecule has 0 aliphatic rings. The molecule has 7 heteroatoms. The van der Waals surface area contributed by atoms with Gasteiger partial charge in [0.25, 0.3) is 0 Å². The van der Waals surface area contributed by atoms with Gasteiger partial charge in [-0.15, -0.1) is 0 Å². The van der Waals surface area contributed by atoms with Crippen LogP contribution < -0.4 is 4.74 Å². The molecule has 0 radical (unpaired) electrons. The molecule has 0 unspecified atom stereocenters. The molecule has 0 N–H and O–H groups in total.